The van der Waals surface area contributed by atoms with Gasteiger partial charge in [0.05, 0.1) is 0 Å². The highest BCUT2D eigenvalue weighted by atomic mass is 16.4. The molecule has 0 spiro atoms. The van der Waals surface area contributed by atoms with Crippen LogP contribution >= 0.6 is 0 Å². The third-order valence-corrected chi connectivity index (χ3v) is 4.94. The molecule has 106 valence electrons. The first-order valence-corrected chi connectivity index (χ1v) is 7.19. The maximum absolute atomic E-state index is 12.3. The summed E-state index contributed by atoms with van der Waals surface area (Å²) < 4.78 is 0. The first-order chi connectivity index (χ1) is 9.15. The van der Waals surface area contributed by atoms with Crippen LogP contribution in [0.3, 0.4) is 0 Å². The van der Waals surface area contributed by atoms with Crippen LogP contribution in [-0.2, 0) is 4.79 Å². The van der Waals surface area contributed by atoms with Gasteiger partial charge in [0.15, 0.2) is 5.84 Å². The highest BCUT2D eigenvalue weighted by molar-refractivity contribution is 6.09. The lowest BCUT2D eigenvalue weighted by Gasteiger charge is -2.35. The van der Waals surface area contributed by atoms with Gasteiger partial charge in [-0.3, -0.25) is 4.79 Å². The van der Waals surface area contributed by atoms with Gasteiger partial charge in [-0.25, -0.2) is 0 Å². The molecule has 2 unspecified atom stereocenters. The Bertz CT molecular complexity index is 405. The molecule has 0 aromatic carbocycles. The molecule has 2 heterocycles. The molecule has 2 atom stereocenters. The first-order valence-electron chi connectivity index (χ1n) is 7.19. The number of hydrogen-bond acceptors (Lipinski definition) is 4. The summed E-state index contributed by atoms with van der Waals surface area (Å²) in [5.74, 6) is 0.00236. The molecule has 1 amide bonds. The van der Waals surface area contributed by atoms with Crippen LogP contribution in [0, 0.1) is 5.41 Å². The molecule has 6 heteroatoms. The molecule has 0 bridgehead atoms. The molecule has 19 heavy (non-hydrogen) atoms. The molecule has 2 saturated heterocycles. The van der Waals surface area contributed by atoms with Crippen molar-refractivity contribution in [1.29, 1.82) is 0 Å². The standard InChI is InChI=1S/C13H22N4O2/c14-11(16-19)13(4-5-13)12(18)15-9-3-7-17-6-1-2-10(17)8-9/h9-10,19H,1-8H2,(H2,14,16)(H,15,18). The molecule has 1 aliphatic carbocycles. The Kier molecular flexibility index (Phi) is 3.12. The Labute approximate surface area is 113 Å². The fourth-order valence-corrected chi connectivity index (χ4v) is 3.50. The minimum atomic E-state index is -0.721. The monoisotopic (exact) mass is 266 g/mol. The molecule has 1 saturated carbocycles. The van der Waals surface area contributed by atoms with E-state index < -0.39 is 5.41 Å². The number of amides is 1. The van der Waals surface area contributed by atoms with E-state index in [2.05, 4.69) is 15.4 Å². The number of carbonyl (C=O) groups is 1. The van der Waals surface area contributed by atoms with Crippen LogP contribution in [0.5, 0.6) is 0 Å². The number of nitrogens with one attached hydrogen (secondary N) is 1. The van der Waals surface area contributed by atoms with Gasteiger partial charge in [0.1, 0.15) is 5.41 Å². The van der Waals surface area contributed by atoms with Crippen molar-refractivity contribution in [3.63, 3.8) is 0 Å². The second-order valence-corrected chi connectivity index (χ2v) is 6.09. The van der Waals surface area contributed by atoms with E-state index in [1.165, 1.54) is 19.4 Å². The van der Waals surface area contributed by atoms with Gasteiger partial charge in [0.2, 0.25) is 5.91 Å². The van der Waals surface area contributed by atoms with Gasteiger partial charge < -0.3 is 21.2 Å². The van der Waals surface area contributed by atoms with Crippen molar-refractivity contribution in [2.75, 3.05) is 13.1 Å². The zero-order valence-corrected chi connectivity index (χ0v) is 11.1. The molecule has 0 aromatic heterocycles. The number of carbonyl (C=O) groups excluding carboxylic acids is 1. The van der Waals surface area contributed by atoms with Crippen molar-refractivity contribution in [1.82, 2.24) is 10.2 Å². The zero-order chi connectivity index (χ0) is 13.5. The van der Waals surface area contributed by atoms with E-state index >= 15 is 0 Å². The van der Waals surface area contributed by atoms with Gasteiger partial charge in [0.25, 0.3) is 0 Å². The molecular formula is C13H22N4O2. The Morgan fingerprint density at radius 3 is 2.84 bits per heavy atom. The van der Waals surface area contributed by atoms with Crippen molar-refractivity contribution >= 4 is 11.7 Å². The minimum absolute atomic E-state index is 0.0563. The van der Waals surface area contributed by atoms with E-state index in [1.54, 1.807) is 0 Å². The van der Waals surface area contributed by atoms with Crippen molar-refractivity contribution < 1.29 is 10.0 Å². The van der Waals surface area contributed by atoms with Crippen LogP contribution in [0.2, 0.25) is 0 Å². The molecule has 0 radical (unpaired) electrons. The zero-order valence-electron chi connectivity index (χ0n) is 11.1. The summed E-state index contributed by atoms with van der Waals surface area (Å²) in [6, 6.07) is 0.883. The number of rotatable bonds is 3. The van der Waals surface area contributed by atoms with Gasteiger partial charge in [0, 0.05) is 18.6 Å². The molecule has 2 aliphatic heterocycles. The molecule has 0 aromatic rings. The van der Waals surface area contributed by atoms with Gasteiger partial charge in [-0.2, -0.15) is 0 Å². The van der Waals surface area contributed by atoms with Crippen LogP contribution in [0.15, 0.2) is 5.16 Å². The Balaban J connectivity index is 1.58. The average Bonchev–Trinajstić information content (AvgIpc) is 3.11. The molecular weight excluding hydrogens is 244 g/mol. The maximum atomic E-state index is 12.3. The van der Waals surface area contributed by atoms with E-state index in [0.29, 0.717) is 18.9 Å². The molecule has 6 nitrogen and oxygen atoms in total. The Morgan fingerprint density at radius 1 is 1.37 bits per heavy atom. The van der Waals surface area contributed by atoms with E-state index in [1.807, 2.05) is 0 Å². The lowest BCUT2D eigenvalue weighted by Crippen LogP contribution is -2.50. The number of amidine groups is 1. The highest BCUT2D eigenvalue weighted by Crippen LogP contribution is 2.46. The van der Waals surface area contributed by atoms with Crippen LogP contribution in [0.1, 0.15) is 38.5 Å². The van der Waals surface area contributed by atoms with Gasteiger partial charge in [-0.1, -0.05) is 5.16 Å². The van der Waals surface area contributed by atoms with Crippen molar-refractivity contribution in [2.24, 2.45) is 16.3 Å². The summed E-state index contributed by atoms with van der Waals surface area (Å²) in [4.78, 5) is 14.8. The van der Waals surface area contributed by atoms with Gasteiger partial charge in [-0.05, 0) is 45.1 Å². The molecule has 3 rings (SSSR count). The van der Waals surface area contributed by atoms with Crippen LogP contribution in [0.25, 0.3) is 0 Å². The van der Waals surface area contributed by atoms with Crippen LogP contribution in [0.4, 0.5) is 0 Å². The number of hydrogen-bond donors (Lipinski definition) is 3. The quantitative estimate of drug-likeness (QED) is 0.296. The SMILES string of the molecule is NC(=NO)C1(C(=O)NC2CCN3CCCC3C2)CC1. The van der Waals surface area contributed by atoms with Crippen LogP contribution < -0.4 is 11.1 Å². The van der Waals surface area contributed by atoms with Crippen molar-refractivity contribution in [3.8, 4) is 0 Å². The lowest BCUT2D eigenvalue weighted by molar-refractivity contribution is -0.125. The number of piperidine rings is 1. The fraction of sp³-hybridized carbons (Fsp3) is 0.846. The van der Waals surface area contributed by atoms with Crippen LogP contribution in [-0.4, -0.2) is 47.0 Å². The normalized spacial score (nSPS) is 33.8. The summed E-state index contributed by atoms with van der Waals surface area (Å²) in [7, 11) is 0. The summed E-state index contributed by atoms with van der Waals surface area (Å²) >= 11 is 0. The van der Waals surface area contributed by atoms with E-state index in [-0.39, 0.29) is 17.8 Å². The summed E-state index contributed by atoms with van der Waals surface area (Å²) in [5.41, 5.74) is 4.92. The Hall–Kier alpha value is -1.30. The number of nitrogens with two attached hydrogens (primary N) is 1. The Morgan fingerprint density at radius 2 is 2.16 bits per heavy atom. The largest absolute Gasteiger partial charge is 0.409 e. The van der Waals surface area contributed by atoms with Crippen molar-refractivity contribution in [3.05, 3.63) is 0 Å². The second-order valence-electron chi connectivity index (χ2n) is 6.09. The first kappa shape index (κ1) is 12.7. The molecule has 4 N–H and O–H groups in total. The molecule has 3 aliphatic rings. The third kappa shape index (κ3) is 2.18. The number of fused-ring (bicyclic) bond motifs is 1. The smallest absolute Gasteiger partial charge is 0.234 e. The van der Waals surface area contributed by atoms with Gasteiger partial charge >= 0.3 is 0 Å². The lowest BCUT2D eigenvalue weighted by atomic mass is 9.96. The van der Waals surface area contributed by atoms with E-state index in [4.69, 9.17) is 10.9 Å². The minimum Gasteiger partial charge on any atom is -0.409 e. The topological polar surface area (TPSA) is 91.0 Å². The number of nitrogens with zero attached hydrogens (tertiary/aromatic N) is 2. The van der Waals surface area contributed by atoms with Gasteiger partial charge in [-0.15, -0.1) is 0 Å². The summed E-state index contributed by atoms with van der Waals surface area (Å²) in [6.45, 7) is 2.28. The van der Waals surface area contributed by atoms with Crippen molar-refractivity contribution in [2.45, 2.75) is 50.6 Å². The van der Waals surface area contributed by atoms with E-state index in [9.17, 15) is 4.79 Å². The molecule has 3 fully saturated rings. The fourth-order valence-electron chi connectivity index (χ4n) is 3.50. The second kappa shape index (κ2) is 4.67. The number of oxime groups is 1. The third-order valence-electron chi connectivity index (χ3n) is 4.94. The summed E-state index contributed by atoms with van der Waals surface area (Å²) in [6.07, 6.45) is 5.96. The summed E-state index contributed by atoms with van der Waals surface area (Å²) in [5, 5.41) is 14.9. The predicted octanol–water partition coefficient (Wildman–Crippen LogP) is 0.256. The predicted molar refractivity (Wildman–Crippen MR) is 70.8 cm³/mol. The highest BCUT2D eigenvalue weighted by Gasteiger charge is 2.54. The maximum Gasteiger partial charge on any atom is 0.234 e. The average molecular weight is 266 g/mol. The van der Waals surface area contributed by atoms with E-state index in [0.717, 1.165) is 19.4 Å².